The second-order valence-electron chi connectivity index (χ2n) is 7.33. The predicted molar refractivity (Wildman–Crippen MR) is 125 cm³/mol. The maximum Gasteiger partial charge on any atom is 0.338 e. The second-order valence-corrected chi connectivity index (χ2v) is 9.01. The molecule has 0 saturated heterocycles. The third kappa shape index (κ3) is 5.84. The van der Waals surface area contributed by atoms with Crippen molar-refractivity contribution in [2.75, 3.05) is 29.9 Å². The third-order valence-electron chi connectivity index (χ3n) is 4.79. The summed E-state index contributed by atoms with van der Waals surface area (Å²) in [5, 5.41) is 2.63. The molecular formula is C24H22N2O7S. The Bertz CT molecular complexity index is 1280. The number of sulfonamides is 1. The number of esters is 1. The van der Waals surface area contributed by atoms with Crippen molar-refractivity contribution in [2.24, 2.45) is 0 Å². The zero-order chi connectivity index (χ0) is 24.0. The van der Waals surface area contributed by atoms with E-state index in [4.69, 9.17) is 14.2 Å². The highest BCUT2D eigenvalue weighted by atomic mass is 32.2. The molecule has 0 bridgehead atoms. The number of hydrogen-bond acceptors (Lipinski definition) is 7. The van der Waals surface area contributed by atoms with Crippen LogP contribution in [0.3, 0.4) is 0 Å². The number of amides is 1. The van der Waals surface area contributed by atoms with E-state index in [9.17, 15) is 18.0 Å². The van der Waals surface area contributed by atoms with Crippen LogP contribution in [0.1, 0.15) is 16.8 Å². The molecule has 1 aliphatic rings. The van der Waals surface area contributed by atoms with E-state index in [-0.39, 0.29) is 10.5 Å². The molecule has 176 valence electrons. The highest BCUT2D eigenvalue weighted by Crippen LogP contribution is 2.32. The molecular weight excluding hydrogens is 460 g/mol. The first-order chi connectivity index (χ1) is 16.4. The van der Waals surface area contributed by atoms with Crippen LogP contribution in [-0.2, 0) is 19.6 Å². The normalized spacial score (nSPS) is 12.8. The van der Waals surface area contributed by atoms with Crippen molar-refractivity contribution in [3.8, 4) is 11.5 Å². The zero-order valence-corrected chi connectivity index (χ0v) is 18.8. The van der Waals surface area contributed by atoms with Gasteiger partial charge < -0.3 is 19.5 Å². The van der Waals surface area contributed by atoms with Crippen LogP contribution in [0, 0.1) is 0 Å². The highest BCUT2D eigenvalue weighted by molar-refractivity contribution is 7.92. The lowest BCUT2D eigenvalue weighted by molar-refractivity contribution is -0.119. The first-order valence-corrected chi connectivity index (χ1v) is 11.9. The number of ether oxygens (including phenoxy) is 3. The van der Waals surface area contributed by atoms with Gasteiger partial charge >= 0.3 is 5.97 Å². The van der Waals surface area contributed by atoms with Gasteiger partial charge in [-0.25, -0.2) is 13.2 Å². The maximum atomic E-state index is 12.5. The number of para-hydroxylation sites is 1. The molecule has 2 N–H and O–H groups in total. The summed E-state index contributed by atoms with van der Waals surface area (Å²) < 4.78 is 43.6. The minimum atomic E-state index is -3.81. The van der Waals surface area contributed by atoms with E-state index in [1.165, 1.54) is 24.3 Å². The van der Waals surface area contributed by atoms with Crippen molar-refractivity contribution in [1.29, 1.82) is 0 Å². The Labute approximate surface area is 196 Å². The van der Waals surface area contributed by atoms with E-state index in [1.807, 2.05) is 0 Å². The fourth-order valence-corrected chi connectivity index (χ4v) is 4.20. The molecule has 4 rings (SSSR count). The maximum absolute atomic E-state index is 12.5. The van der Waals surface area contributed by atoms with Crippen molar-refractivity contribution in [3.63, 3.8) is 0 Å². The van der Waals surface area contributed by atoms with Crippen molar-refractivity contribution in [2.45, 2.75) is 11.3 Å². The Morgan fingerprint density at radius 3 is 2.29 bits per heavy atom. The lowest BCUT2D eigenvalue weighted by atomic mass is 10.2. The quantitative estimate of drug-likeness (QED) is 0.495. The van der Waals surface area contributed by atoms with E-state index in [2.05, 4.69) is 10.0 Å². The van der Waals surface area contributed by atoms with Gasteiger partial charge in [-0.2, -0.15) is 0 Å². The fraction of sp³-hybridized carbons (Fsp3) is 0.167. The van der Waals surface area contributed by atoms with Crippen molar-refractivity contribution >= 4 is 33.3 Å². The molecule has 0 atom stereocenters. The van der Waals surface area contributed by atoms with E-state index in [0.717, 1.165) is 6.42 Å². The predicted octanol–water partition coefficient (Wildman–Crippen LogP) is 3.44. The standard InChI is InChI=1S/C24H22N2O7S/c27-23(25-19-9-12-21-22(15-19)32-14-4-13-31-21)16-33-24(28)17-7-10-20(11-8-17)34(29,30)26-18-5-2-1-3-6-18/h1-3,5-12,15,26H,4,13-14,16H2,(H,25,27). The Balaban J connectivity index is 1.31. The van der Waals surface area contributed by atoms with Gasteiger partial charge in [0.25, 0.3) is 15.9 Å². The van der Waals surface area contributed by atoms with E-state index >= 15 is 0 Å². The molecule has 0 spiro atoms. The van der Waals surface area contributed by atoms with Crippen LogP contribution in [0.15, 0.2) is 77.7 Å². The summed E-state index contributed by atoms with van der Waals surface area (Å²) in [4.78, 5) is 24.5. The molecule has 0 saturated carbocycles. The molecule has 0 aliphatic carbocycles. The average molecular weight is 483 g/mol. The van der Waals surface area contributed by atoms with Crippen LogP contribution >= 0.6 is 0 Å². The van der Waals surface area contributed by atoms with Gasteiger partial charge in [0.15, 0.2) is 18.1 Å². The second kappa shape index (κ2) is 10.3. The molecule has 10 heteroatoms. The largest absolute Gasteiger partial charge is 0.490 e. The van der Waals surface area contributed by atoms with Crippen LogP contribution in [0.4, 0.5) is 11.4 Å². The minimum Gasteiger partial charge on any atom is -0.490 e. The number of rotatable bonds is 7. The molecule has 1 amide bonds. The summed E-state index contributed by atoms with van der Waals surface area (Å²) in [5.74, 6) is -0.154. The van der Waals surface area contributed by atoms with Crippen LogP contribution in [0.2, 0.25) is 0 Å². The van der Waals surface area contributed by atoms with Crippen molar-refractivity contribution < 1.29 is 32.2 Å². The smallest absolute Gasteiger partial charge is 0.338 e. The van der Waals surface area contributed by atoms with Gasteiger partial charge in [0, 0.05) is 23.9 Å². The van der Waals surface area contributed by atoms with E-state index in [1.54, 1.807) is 48.5 Å². The molecule has 0 unspecified atom stereocenters. The third-order valence-corrected chi connectivity index (χ3v) is 6.19. The lowest BCUT2D eigenvalue weighted by Gasteiger charge is -2.11. The van der Waals surface area contributed by atoms with E-state index < -0.39 is 28.5 Å². The summed E-state index contributed by atoms with van der Waals surface area (Å²) in [6.07, 6.45) is 0.767. The number of carbonyl (C=O) groups is 2. The SMILES string of the molecule is O=C(COC(=O)c1ccc(S(=O)(=O)Nc2ccccc2)cc1)Nc1ccc2c(c1)OCCCO2. The monoisotopic (exact) mass is 482 g/mol. The Hall–Kier alpha value is -4.05. The molecule has 9 nitrogen and oxygen atoms in total. The summed E-state index contributed by atoms with van der Waals surface area (Å²) in [5.41, 5.74) is 1.01. The summed E-state index contributed by atoms with van der Waals surface area (Å²) in [7, 11) is -3.81. The number of carbonyl (C=O) groups excluding carboxylic acids is 2. The van der Waals surface area contributed by atoms with Gasteiger partial charge in [0.2, 0.25) is 0 Å². The fourth-order valence-electron chi connectivity index (χ4n) is 3.14. The lowest BCUT2D eigenvalue weighted by Crippen LogP contribution is -2.21. The van der Waals surface area contributed by atoms with Crippen molar-refractivity contribution in [3.05, 3.63) is 78.4 Å². The molecule has 0 radical (unpaired) electrons. The summed E-state index contributed by atoms with van der Waals surface area (Å²) in [6.45, 7) is 0.568. The number of nitrogens with one attached hydrogen (secondary N) is 2. The van der Waals surface area contributed by atoms with Gasteiger partial charge in [0.05, 0.1) is 23.7 Å². The number of anilines is 2. The topological polar surface area (TPSA) is 120 Å². The van der Waals surface area contributed by atoms with Crippen LogP contribution < -0.4 is 19.5 Å². The van der Waals surface area contributed by atoms with E-state index in [0.29, 0.717) is 36.1 Å². The van der Waals surface area contributed by atoms with Gasteiger partial charge in [-0.1, -0.05) is 18.2 Å². The van der Waals surface area contributed by atoms with Gasteiger partial charge in [-0.05, 0) is 48.5 Å². The number of fused-ring (bicyclic) bond motifs is 1. The van der Waals surface area contributed by atoms with Gasteiger partial charge in [-0.15, -0.1) is 0 Å². The van der Waals surface area contributed by atoms with Crippen molar-refractivity contribution in [1.82, 2.24) is 0 Å². The molecule has 3 aromatic carbocycles. The summed E-state index contributed by atoms with van der Waals surface area (Å²) in [6, 6.07) is 18.7. The Morgan fingerprint density at radius 2 is 1.56 bits per heavy atom. The first-order valence-electron chi connectivity index (χ1n) is 10.5. The molecule has 0 fully saturated rings. The first kappa shape index (κ1) is 23.1. The Kier molecular flexibility index (Phi) is 6.98. The minimum absolute atomic E-state index is 0.0138. The van der Waals surface area contributed by atoms with Gasteiger partial charge in [0.1, 0.15) is 0 Å². The number of hydrogen-bond donors (Lipinski definition) is 2. The van der Waals surface area contributed by atoms with Gasteiger partial charge in [-0.3, -0.25) is 9.52 Å². The Morgan fingerprint density at radius 1 is 0.853 bits per heavy atom. The summed E-state index contributed by atoms with van der Waals surface area (Å²) >= 11 is 0. The highest BCUT2D eigenvalue weighted by Gasteiger charge is 2.17. The zero-order valence-electron chi connectivity index (χ0n) is 18.0. The van der Waals surface area contributed by atoms with Crippen LogP contribution in [0.5, 0.6) is 11.5 Å². The molecule has 34 heavy (non-hydrogen) atoms. The molecule has 1 aliphatic heterocycles. The number of benzene rings is 3. The molecule has 1 heterocycles. The average Bonchev–Trinajstić information content (AvgIpc) is 3.08. The van der Waals surface area contributed by atoms with Crippen LogP contribution in [0.25, 0.3) is 0 Å². The molecule has 3 aromatic rings. The molecule has 0 aromatic heterocycles. The van der Waals surface area contributed by atoms with Crippen LogP contribution in [-0.4, -0.2) is 40.1 Å².